The summed E-state index contributed by atoms with van der Waals surface area (Å²) >= 11 is 1.35. The molecule has 0 unspecified atom stereocenters. The molecule has 0 saturated carbocycles. The molecule has 0 aliphatic carbocycles. The van der Waals surface area contributed by atoms with Gasteiger partial charge in [-0.1, -0.05) is 23.9 Å². The first-order chi connectivity index (χ1) is 8.13. The van der Waals surface area contributed by atoms with Crippen LogP contribution in [-0.2, 0) is 4.79 Å². The van der Waals surface area contributed by atoms with Gasteiger partial charge in [0, 0.05) is 24.9 Å². The van der Waals surface area contributed by atoms with Gasteiger partial charge >= 0.3 is 0 Å². The van der Waals surface area contributed by atoms with Crippen LogP contribution in [0.15, 0.2) is 18.3 Å². The Morgan fingerprint density at radius 2 is 2.35 bits per heavy atom. The number of thioether (sulfide) groups is 1. The van der Waals surface area contributed by atoms with E-state index in [4.69, 9.17) is 4.74 Å². The van der Waals surface area contributed by atoms with E-state index in [2.05, 4.69) is 11.1 Å². The lowest BCUT2D eigenvalue weighted by Gasteiger charge is -2.02. The lowest BCUT2D eigenvalue weighted by molar-refractivity contribution is -0.109. The van der Waals surface area contributed by atoms with Crippen LogP contribution >= 0.6 is 11.8 Å². The number of aromatic nitrogens is 1. The van der Waals surface area contributed by atoms with Gasteiger partial charge in [0.05, 0.1) is 7.11 Å². The minimum atomic E-state index is 0.167. The van der Waals surface area contributed by atoms with Gasteiger partial charge in [-0.15, -0.1) is 0 Å². The van der Waals surface area contributed by atoms with E-state index in [1.165, 1.54) is 11.8 Å². The molecule has 4 heteroatoms. The van der Waals surface area contributed by atoms with E-state index in [-0.39, 0.29) is 5.12 Å². The topological polar surface area (TPSA) is 39.2 Å². The first-order valence-electron chi connectivity index (χ1n) is 5.44. The number of aryl methyl sites for hydroxylation is 1. The Balaban J connectivity index is 2.50. The van der Waals surface area contributed by atoms with E-state index in [0.717, 1.165) is 23.3 Å². The maximum absolute atomic E-state index is 10.7. The van der Waals surface area contributed by atoms with Crippen LogP contribution in [0.2, 0.25) is 0 Å². The van der Waals surface area contributed by atoms with Crippen molar-refractivity contribution in [1.29, 1.82) is 0 Å². The van der Waals surface area contributed by atoms with E-state index < -0.39 is 0 Å². The smallest absolute Gasteiger partial charge is 0.213 e. The van der Waals surface area contributed by atoms with E-state index in [1.54, 1.807) is 20.2 Å². The van der Waals surface area contributed by atoms with E-state index in [0.29, 0.717) is 5.88 Å². The van der Waals surface area contributed by atoms with Crippen molar-refractivity contribution in [3.05, 3.63) is 29.5 Å². The zero-order chi connectivity index (χ0) is 12.7. The fourth-order valence-corrected chi connectivity index (χ4v) is 1.85. The number of ether oxygens (including phenoxy) is 1. The molecule has 0 spiro atoms. The van der Waals surface area contributed by atoms with Gasteiger partial charge in [-0.25, -0.2) is 4.98 Å². The van der Waals surface area contributed by atoms with Crippen LogP contribution < -0.4 is 4.74 Å². The van der Waals surface area contributed by atoms with Crippen molar-refractivity contribution in [1.82, 2.24) is 4.98 Å². The van der Waals surface area contributed by atoms with Crippen LogP contribution in [0, 0.1) is 6.92 Å². The second-order valence-corrected chi connectivity index (χ2v) is 4.89. The summed E-state index contributed by atoms with van der Waals surface area (Å²) in [6.07, 6.45) is 6.77. The number of nitrogens with zero attached hydrogens (tertiary/aromatic N) is 1. The van der Waals surface area contributed by atoms with Gasteiger partial charge in [0.15, 0.2) is 5.12 Å². The Kier molecular flexibility index (Phi) is 5.77. The Morgan fingerprint density at radius 3 is 2.94 bits per heavy atom. The average molecular weight is 251 g/mol. The van der Waals surface area contributed by atoms with Crippen molar-refractivity contribution in [3.63, 3.8) is 0 Å². The maximum atomic E-state index is 10.7. The quantitative estimate of drug-likeness (QED) is 0.754. The molecule has 0 bridgehead atoms. The van der Waals surface area contributed by atoms with Crippen molar-refractivity contribution in [2.24, 2.45) is 0 Å². The van der Waals surface area contributed by atoms with Crippen molar-refractivity contribution < 1.29 is 9.53 Å². The second-order valence-electron chi connectivity index (χ2n) is 3.61. The minimum absolute atomic E-state index is 0.167. The number of hydrogen-bond donors (Lipinski definition) is 0. The van der Waals surface area contributed by atoms with E-state index in [1.807, 2.05) is 19.1 Å². The lowest BCUT2D eigenvalue weighted by Crippen LogP contribution is -1.90. The summed E-state index contributed by atoms with van der Waals surface area (Å²) in [5.41, 5.74) is 2.21. The summed E-state index contributed by atoms with van der Waals surface area (Å²) < 4.78 is 5.04. The van der Waals surface area contributed by atoms with Crippen LogP contribution in [0.1, 0.15) is 24.5 Å². The third-order valence-corrected chi connectivity index (χ3v) is 3.07. The van der Waals surface area contributed by atoms with Crippen molar-refractivity contribution in [2.75, 3.05) is 12.9 Å². The molecule has 0 amide bonds. The molecular weight excluding hydrogens is 234 g/mol. The Hall–Kier alpha value is -1.29. The number of carbonyl (C=O) groups excluding carboxylic acids is 1. The molecule has 0 atom stereocenters. The lowest BCUT2D eigenvalue weighted by atomic mass is 10.1. The molecule has 0 radical (unpaired) electrons. The highest BCUT2D eigenvalue weighted by Crippen LogP contribution is 2.15. The van der Waals surface area contributed by atoms with Gasteiger partial charge in [0.1, 0.15) is 0 Å². The Bertz CT molecular complexity index is 416. The molecule has 1 aromatic heterocycles. The largest absolute Gasteiger partial charge is 0.481 e. The standard InChI is InChI=1S/C13H17NO2S/c1-10-8-13(16-3)14-9-12(10)6-4-5-7-17-11(2)15/h4,6,8-9H,5,7H2,1-3H3. The third kappa shape index (κ3) is 5.04. The highest BCUT2D eigenvalue weighted by atomic mass is 32.2. The summed E-state index contributed by atoms with van der Waals surface area (Å²) in [6.45, 7) is 3.61. The zero-order valence-electron chi connectivity index (χ0n) is 10.4. The van der Waals surface area contributed by atoms with E-state index in [9.17, 15) is 4.79 Å². The molecule has 3 nitrogen and oxygen atoms in total. The van der Waals surface area contributed by atoms with Gasteiger partial charge in [-0.05, 0) is 24.5 Å². The normalized spacial score (nSPS) is 10.8. The number of pyridine rings is 1. The maximum Gasteiger partial charge on any atom is 0.213 e. The monoisotopic (exact) mass is 251 g/mol. The second kappa shape index (κ2) is 7.12. The van der Waals surface area contributed by atoms with Crippen LogP contribution in [-0.4, -0.2) is 23.0 Å². The summed E-state index contributed by atoms with van der Waals surface area (Å²) in [4.78, 5) is 14.9. The molecule has 0 N–H and O–H groups in total. The van der Waals surface area contributed by atoms with Gasteiger partial charge in [0.25, 0.3) is 0 Å². The van der Waals surface area contributed by atoms with Gasteiger partial charge in [-0.2, -0.15) is 0 Å². The average Bonchev–Trinajstić information content (AvgIpc) is 2.30. The van der Waals surface area contributed by atoms with Crippen molar-refractivity contribution in [2.45, 2.75) is 20.3 Å². The van der Waals surface area contributed by atoms with Crippen molar-refractivity contribution >= 4 is 23.0 Å². The molecule has 1 aromatic rings. The third-order valence-electron chi connectivity index (χ3n) is 2.22. The first-order valence-corrected chi connectivity index (χ1v) is 6.42. The molecule has 17 heavy (non-hydrogen) atoms. The van der Waals surface area contributed by atoms with Gasteiger partial charge in [0.2, 0.25) is 5.88 Å². The minimum Gasteiger partial charge on any atom is -0.481 e. The fourth-order valence-electron chi connectivity index (χ4n) is 1.31. The van der Waals surface area contributed by atoms with Crippen LogP contribution in [0.5, 0.6) is 5.88 Å². The predicted octanol–water partition coefficient (Wildman–Crippen LogP) is 3.08. The molecular formula is C13H17NO2S. The van der Waals surface area contributed by atoms with Gasteiger partial charge in [-0.3, -0.25) is 4.79 Å². The summed E-state index contributed by atoms with van der Waals surface area (Å²) in [7, 11) is 1.61. The number of methoxy groups -OCH3 is 1. The molecule has 0 aliphatic rings. The molecule has 0 saturated heterocycles. The SMILES string of the molecule is COc1cc(C)c(C=CCCSC(C)=O)cn1. The Morgan fingerprint density at radius 1 is 1.59 bits per heavy atom. The first kappa shape index (κ1) is 13.8. The summed E-state index contributed by atoms with van der Waals surface area (Å²) in [5.74, 6) is 1.46. The van der Waals surface area contributed by atoms with Crippen LogP contribution in [0.4, 0.5) is 0 Å². The molecule has 0 aliphatic heterocycles. The highest BCUT2D eigenvalue weighted by molar-refractivity contribution is 8.13. The van der Waals surface area contributed by atoms with Crippen LogP contribution in [0.3, 0.4) is 0 Å². The molecule has 1 heterocycles. The molecule has 0 fully saturated rings. The number of rotatable bonds is 5. The Labute approximate surface area is 106 Å². The number of allylic oxidation sites excluding steroid dienone is 1. The molecule has 92 valence electrons. The molecule has 0 aromatic carbocycles. The number of hydrogen-bond acceptors (Lipinski definition) is 4. The van der Waals surface area contributed by atoms with Gasteiger partial charge < -0.3 is 4.74 Å². The predicted molar refractivity (Wildman–Crippen MR) is 72.3 cm³/mol. The summed E-state index contributed by atoms with van der Waals surface area (Å²) in [6, 6.07) is 1.91. The van der Waals surface area contributed by atoms with E-state index >= 15 is 0 Å². The number of carbonyl (C=O) groups is 1. The van der Waals surface area contributed by atoms with Crippen molar-refractivity contribution in [3.8, 4) is 5.88 Å². The van der Waals surface area contributed by atoms with Crippen LogP contribution in [0.25, 0.3) is 6.08 Å². The fraction of sp³-hybridized carbons (Fsp3) is 0.385. The highest BCUT2D eigenvalue weighted by Gasteiger charge is 1.98. The molecule has 1 rings (SSSR count). The summed E-state index contributed by atoms with van der Waals surface area (Å²) in [5, 5.41) is 0.167. The zero-order valence-corrected chi connectivity index (χ0v) is 11.2.